The molecule has 19 heavy (non-hydrogen) atoms. The molecule has 1 heterocycles. The number of hydrogen-bond donors (Lipinski definition) is 1. The second kappa shape index (κ2) is 6.35. The molecule has 0 spiro atoms. The van der Waals surface area contributed by atoms with Crippen LogP contribution in [-0.4, -0.2) is 36.3 Å². The molecule has 1 aliphatic rings. The van der Waals surface area contributed by atoms with E-state index in [1.807, 2.05) is 14.0 Å². The van der Waals surface area contributed by atoms with Crippen LogP contribution in [0.2, 0.25) is 0 Å². The Labute approximate surface area is 114 Å². The minimum absolute atomic E-state index is 0.0175. The maximum Gasteiger partial charge on any atom is 0.126 e. The Bertz CT molecular complexity index is 419. The molecule has 1 aromatic carbocycles. The second-order valence-corrected chi connectivity index (χ2v) is 5.31. The lowest BCUT2D eigenvalue weighted by Crippen LogP contribution is -2.34. The number of phenolic OH excluding ortho intramolecular Hbond substituents is 1. The van der Waals surface area contributed by atoms with Gasteiger partial charge in [0.25, 0.3) is 0 Å². The summed E-state index contributed by atoms with van der Waals surface area (Å²) in [6, 6.07) is 4.23. The fourth-order valence-electron chi connectivity index (χ4n) is 2.54. The van der Waals surface area contributed by atoms with Crippen molar-refractivity contribution in [2.45, 2.75) is 38.3 Å². The highest BCUT2D eigenvalue weighted by Gasteiger charge is 2.21. The molecular weight excluding hydrogens is 245 g/mol. The van der Waals surface area contributed by atoms with Crippen LogP contribution in [0.15, 0.2) is 18.2 Å². The summed E-state index contributed by atoms with van der Waals surface area (Å²) in [6.07, 6.45) is 3.72. The van der Waals surface area contributed by atoms with Crippen LogP contribution in [-0.2, 0) is 4.74 Å². The Morgan fingerprint density at radius 3 is 2.89 bits per heavy atom. The monoisotopic (exact) mass is 267 g/mol. The number of rotatable bonds is 4. The quantitative estimate of drug-likeness (QED) is 0.910. The zero-order chi connectivity index (χ0) is 13.8. The van der Waals surface area contributed by atoms with Crippen molar-refractivity contribution in [3.8, 4) is 5.75 Å². The minimum Gasteiger partial charge on any atom is -0.508 e. The van der Waals surface area contributed by atoms with E-state index in [1.54, 1.807) is 6.07 Å². The summed E-state index contributed by atoms with van der Waals surface area (Å²) >= 11 is 0. The number of hydrogen-bond acceptors (Lipinski definition) is 3. The first-order valence-electron chi connectivity index (χ1n) is 6.88. The van der Waals surface area contributed by atoms with Crippen LogP contribution in [0, 0.1) is 5.82 Å². The van der Waals surface area contributed by atoms with Crippen LogP contribution >= 0.6 is 0 Å². The molecule has 2 unspecified atom stereocenters. The van der Waals surface area contributed by atoms with Gasteiger partial charge in [0.2, 0.25) is 0 Å². The molecular formula is C15H22FNO2. The minimum atomic E-state index is -0.410. The molecule has 1 fully saturated rings. The smallest absolute Gasteiger partial charge is 0.126 e. The van der Waals surface area contributed by atoms with Gasteiger partial charge in [-0.1, -0.05) is 6.07 Å². The van der Waals surface area contributed by atoms with Crippen LogP contribution in [0.1, 0.15) is 37.8 Å². The highest BCUT2D eigenvalue weighted by Crippen LogP contribution is 2.29. The maximum absolute atomic E-state index is 13.0. The van der Waals surface area contributed by atoms with Gasteiger partial charge in [-0.05, 0) is 39.3 Å². The molecule has 0 saturated carbocycles. The molecule has 1 aliphatic heterocycles. The average molecular weight is 267 g/mol. The van der Waals surface area contributed by atoms with Gasteiger partial charge >= 0.3 is 0 Å². The fraction of sp³-hybridized carbons (Fsp3) is 0.600. The highest BCUT2D eigenvalue weighted by atomic mass is 19.1. The third-order valence-electron chi connectivity index (χ3n) is 3.87. The van der Waals surface area contributed by atoms with Gasteiger partial charge in [-0.25, -0.2) is 4.39 Å². The predicted molar refractivity (Wildman–Crippen MR) is 72.7 cm³/mol. The molecule has 1 N–H and O–H groups in total. The summed E-state index contributed by atoms with van der Waals surface area (Å²) in [4.78, 5) is 2.14. The predicted octanol–water partition coefficient (Wildman–Crippen LogP) is 3.09. The Hall–Kier alpha value is -1.13. The van der Waals surface area contributed by atoms with Gasteiger partial charge in [0.1, 0.15) is 11.6 Å². The number of likely N-dealkylation sites (N-methyl/N-ethyl adjacent to an activating group) is 1. The first kappa shape index (κ1) is 14.3. The number of benzene rings is 1. The molecule has 2 atom stereocenters. The first-order valence-corrected chi connectivity index (χ1v) is 6.88. The zero-order valence-corrected chi connectivity index (χ0v) is 11.6. The topological polar surface area (TPSA) is 32.7 Å². The summed E-state index contributed by atoms with van der Waals surface area (Å²) in [6.45, 7) is 3.68. The lowest BCUT2D eigenvalue weighted by atomic mass is 10.0. The number of ether oxygens (including phenoxy) is 1. The van der Waals surface area contributed by atoms with E-state index in [2.05, 4.69) is 4.90 Å². The van der Waals surface area contributed by atoms with Crippen LogP contribution in [0.4, 0.5) is 4.39 Å². The molecule has 3 nitrogen and oxygen atoms in total. The van der Waals surface area contributed by atoms with E-state index in [0.717, 1.165) is 37.6 Å². The molecule has 0 amide bonds. The molecule has 4 heteroatoms. The lowest BCUT2D eigenvalue weighted by molar-refractivity contribution is -0.00729. The van der Waals surface area contributed by atoms with Gasteiger partial charge in [-0.2, -0.15) is 0 Å². The van der Waals surface area contributed by atoms with Gasteiger partial charge in [-0.3, -0.25) is 4.90 Å². The molecule has 1 aromatic rings. The summed E-state index contributed by atoms with van der Waals surface area (Å²) < 4.78 is 18.7. The van der Waals surface area contributed by atoms with Gasteiger partial charge in [0.05, 0.1) is 6.10 Å². The average Bonchev–Trinajstić information content (AvgIpc) is 2.39. The van der Waals surface area contributed by atoms with E-state index in [1.165, 1.54) is 12.5 Å². The normalized spacial score (nSPS) is 21.6. The first-order chi connectivity index (χ1) is 9.08. The van der Waals surface area contributed by atoms with Crippen LogP contribution in [0.5, 0.6) is 5.75 Å². The standard InChI is InChI=1S/C15H22FNO2/c1-11(14-7-6-12(16)9-15(14)18)17(2)10-13-5-3-4-8-19-13/h6-7,9,11,13,18H,3-5,8,10H2,1-2H3. The number of nitrogens with zero attached hydrogens (tertiary/aromatic N) is 1. The summed E-state index contributed by atoms with van der Waals surface area (Å²) in [5.41, 5.74) is 0.750. The zero-order valence-electron chi connectivity index (χ0n) is 11.6. The van der Waals surface area contributed by atoms with Crippen LogP contribution < -0.4 is 0 Å². The molecule has 2 rings (SSSR count). The Balaban J connectivity index is 1.99. The van der Waals surface area contributed by atoms with E-state index < -0.39 is 5.82 Å². The van der Waals surface area contributed by atoms with Crippen molar-refractivity contribution in [3.63, 3.8) is 0 Å². The van der Waals surface area contributed by atoms with Crippen molar-refractivity contribution in [3.05, 3.63) is 29.6 Å². The van der Waals surface area contributed by atoms with Gasteiger partial charge < -0.3 is 9.84 Å². The van der Waals surface area contributed by atoms with Crippen molar-refractivity contribution in [2.75, 3.05) is 20.2 Å². The largest absolute Gasteiger partial charge is 0.508 e. The molecule has 0 radical (unpaired) electrons. The third-order valence-corrected chi connectivity index (χ3v) is 3.87. The van der Waals surface area contributed by atoms with Crippen LogP contribution in [0.3, 0.4) is 0 Å². The van der Waals surface area contributed by atoms with Crippen molar-refractivity contribution < 1.29 is 14.2 Å². The molecule has 106 valence electrons. The third kappa shape index (κ3) is 3.67. The Kier molecular flexibility index (Phi) is 4.77. The number of aromatic hydroxyl groups is 1. The van der Waals surface area contributed by atoms with E-state index in [0.29, 0.717) is 0 Å². The maximum atomic E-state index is 13.0. The van der Waals surface area contributed by atoms with Gasteiger partial charge in [0, 0.05) is 30.8 Å². The molecule has 0 bridgehead atoms. The summed E-state index contributed by atoms with van der Waals surface area (Å²) in [5.74, 6) is -0.393. The summed E-state index contributed by atoms with van der Waals surface area (Å²) in [7, 11) is 2.01. The van der Waals surface area contributed by atoms with Crippen molar-refractivity contribution in [2.24, 2.45) is 0 Å². The Morgan fingerprint density at radius 1 is 1.47 bits per heavy atom. The second-order valence-electron chi connectivity index (χ2n) is 5.31. The molecule has 1 saturated heterocycles. The highest BCUT2D eigenvalue weighted by molar-refractivity contribution is 5.34. The number of phenols is 1. The SMILES string of the molecule is CC(c1ccc(F)cc1O)N(C)CC1CCCCO1. The van der Waals surface area contributed by atoms with E-state index in [4.69, 9.17) is 4.74 Å². The van der Waals surface area contributed by atoms with E-state index >= 15 is 0 Å². The van der Waals surface area contributed by atoms with E-state index in [-0.39, 0.29) is 17.9 Å². The van der Waals surface area contributed by atoms with Crippen molar-refractivity contribution in [1.82, 2.24) is 4.90 Å². The Morgan fingerprint density at radius 2 is 2.26 bits per heavy atom. The van der Waals surface area contributed by atoms with Gasteiger partial charge in [0.15, 0.2) is 0 Å². The molecule has 0 aliphatic carbocycles. The number of halogens is 1. The fourth-order valence-corrected chi connectivity index (χ4v) is 2.54. The molecule has 0 aromatic heterocycles. The van der Waals surface area contributed by atoms with Crippen molar-refractivity contribution >= 4 is 0 Å². The van der Waals surface area contributed by atoms with E-state index in [9.17, 15) is 9.50 Å². The van der Waals surface area contributed by atoms with Crippen LogP contribution in [0.25, 0.3) is 0 Å². The lowest BCUT2D eigenvalue weighted by Gasteiger charge is -2.31. The van der Waals surface area contributed by atoms with Crippen molar-refractivity contribution in [1.29, 1.82) is 0 Å². The van der Waals surface area contributed by atoms with Gasteiger partial charge in [-0.15, -0.1) is 0 Å². The summed E-state index contributed by atoms with van der Waals surface area (Å²) in [5, 5.41) is 9.82.